The third-order valence-electron chi connectivity index (χ3n) is 4.18. The van der Waals surface area contributed by atoms with Gasteiger partial charge in [0.1, 0.15) is 5.76 Å². The van der Waals surface area contributed by atoms with Gasteiger partial charge in [0.15, 0.2) is 0 Å². The molecule has 1 saturated carbocycles. The van der Waals surface area contributed by atoms with Crippen molar-refractivity contribution in [3.8, 4) is 0 Å². The van der Waals surface area contributed by atoms with Gasteiger partial charge in [0.05, 0.1) is 6.26 Å². The molecule has 0 aromatic carbocycles. The van der Waals surface area contributed by atoms with E-state index in [0.29, 0.717) is 18.4 Å². The van der Waals surface area contributed by atoms with E-state index < -0.39 is 0 Å². The van der Waals surface area contributed by atoms with Gasteiger partial charge in [-0.2, -0.15) is 0 Å². The summed E-state index contributed by atoms with van der Waals surface area (Å²) in [5, 5.41) is 0. The molecule has 1 amide bonds. The van der Waals surface area contributed by atoms with Crippen LogP contribution in [0.1, 0.15) is 32.4 Å². The minimum absolute atomic E-state index is 0.279. The highest BCUT2D eigenvalue weighted by Gasteiger charge is 2.42. The van der Waals surface area contributed by atoms with Crippen molar-refractivity contribution in [2.75, 3.05) is 13.1 Å². The van der Waals surface area contributed by atoms with Crippen LogP contribution in [0.3, 0.4) is 0 Å². The lowest BCUT2D eigenvalue weighted by atomic mass is 9.99. The highest BCUT2D eigenvalue weighted by atomic mass is 16.3. The van der Waals surface area contributed by atoms with Crippen LogP contribution in [0.4, 0.5) is 0 Å². The summed E-state index contributed by atoms with van der Waals surface area (Å²) >= 11 is 0. The zero-order valence-corrected chi connectivity index (χ0v) is 11.0. The van der Waals surface area contributed by atoms with Crippen LogP contribution in [0.25, 0.3) is 5.57 Å². The molecule has 0 saturated heterocycles. The van der Waals surface area contributed by atoms with E-state index >= 15 is 0 Å². The smallest absolute Gasteiger partial charge is 0.226 e. The summed E-state index contributed by atoms with van der Waals surface area (Å²) in [5.41, 5.74) is 2.53. The highest BCUT2D eigenvalue weighted by Crippen LogP contribution is 2.40. The number of hydrogen-bond acceptors (Lipinski definition) is 2. The van der Waals surface area contributed by atoms with Crippen molar-refractivity contribution in [1.82, 2.24) is 4.90 Å². The first-order valence-electron chi connectivity index (χ1n) is 6.68. The molecule has 2 atom stereocenters. The number of amides is 1. The van der Waals surface area contributed by atoms with Crippen molar-refractivity contribution in [3.05, 3.63) is 29.7 Å². The predicted octanol–water partition coefficient (Wildman–Crippen LogP) is 2.94. The standard InChI is InChI=1S/C15H19NO2/c1-10-5-6-16(15(17)12-8-11(12)2)9-13(10)14-4-3-7-18-14/h3-4,7,11-12H,5-6,8-9H2,1-2H3/t11-,12-/m1/s1. The average Bonchev–Trinajstić information content (AvgIpc) is 2.89. The lowest BCUT2D eigenvalue weighted by Crippen LogP contribution is -2.37. The Hall–Kier alpha value is -1.51. The molecule has 1 aliphatic heterocycles. The van der Waals surface area contributed by atoms with Gasteiger partial charge in [-0.05, 0) is 37.8 Å². The summed E-state index contributed by atoms with van der Waals surface area (Å²) in [6.45, 7) is 5.86. The summed E-state index contributed by atoms with van der Waals surface area (Å²) < 4.78 is 5.47. The molecule has 0 radical (unpaired) electrons. The number of nitrogens with zero attached hydrogens (tertiary/aromatic N) is 1. The number of carbonyl (C=O) groups is 1. The van der Waals surface area contributed by atoms with Gasteiger partial charge in [0, 0.05) is 24.6 Å². The molecule has 3 rings (SSSR count). The summed E-state index contributed by atoms with van der Waals surface area (Å²) in [7, 11) is 0. The van der Waals surface area contributed by atoms with Crippen LogP contribution in [0.5, 0.6) is 0 Å². The molecular weight excluding hydrogens is 226 g/mol. The Morgan fingerprint density at radius 2 is 2.28 bits per heavy atom. The third kappa shape index (κ3) is 1.98. The van der Waals surface area contributed by atoms with Crippen LogP contribution in [0.2, 0.25) is 0 Å². The van der Waals surface area contributed by atoms with Crippen molar-refractivity contribution in [3.63, 3.8) is 0 Å². The van der Waals surface area contributed by atoms with E-state index in [2.05, 4.69) is 13.8 Å². The molecule has 1 fully saturated rings. The Morgan fingerprint density at radius 1 is 1.50 bits per heavy atom. The van der Waals surface area contributed by atoms with E-state index in [-0.39, 0.29) is 5.92 Å². The number of rotatable bonds is 2. The minimum Gasteiger partial charge on any atom is -0.465 e. The van der Waals surface area contributed by atoms with Crippen molar-refractivity contribution >= 4 is 11.5 Å². The molecule has 2 heterocycles. The lowest BCUT2D eigenvalue weighted by molar-refractivity contribution is -0.132. The zero-order chi connectivity index (χ0) is 12.7. The molecule has 3 heteroatoms. The molecule has 1 aromatic rings. The average molecular weight is 245 g/mol. The molecule has 18 heavy (non-hydrogen) atoms. The van der Waals surface area contributed by atoms with E-state index in [0.717, 1.165) is 25.1 Å². The Balaban J connectivity index is 1.77. The fourth-order valence-electron chi connectivity index (χ4n) is 2.69. The lowest BCUT2D eigenvalue weighted by Gasteiger charge is -2.29. The molecule has 0 N–H and O–H groups in total. The quantitative estimate of drug-likeness (QED) is 0.802. The molecule has 3 nitrogen and oxygen atoms in total. The van der Waals surface area contributed by atoms with Crippen LogP contribution in [0, 0.1) is 11.8 Å². The molecule has 0 bridgehead atoms. The number of hydrogen-bond donors (Lipinski definition) is 0. The monoisotopic (exact) mass is 245 g/mol. The minimum atomic E-state index is 0.279. The molecular formula is C15H19NO2. The van der Waals surface area contributed by atoms with E-state index in [1.54, 1.807) is 6.26 Å². The Morgan fingerprint density at radius 3 is 2.89 bits per heavy atom. The van der Waals surface area contributed by atoms with Gasteiger partial charge in [-0.15, -0.1) is 0 Å². The first-order chi connectivity index (χ1) is 8.66. The molecule has 96 valence electrons. The second-order valence-electron chi connectivity index (χ2n) is 5.57. The topological polar surface area (TPSA) is 33.5 Å². The Kier molecular flexibility index (Phi) is 2.77. The zero-order valence-electron chi connectivity index (χ0n) is 11.0. The van der Waals surface area contributed by atoms with Crippen LogP contribution in [0.15, 0.2) is 28.4 Å². The first-order valence-corrected chi connectivity index (χ1v) is 6.68. The predicted molar refractivity (Wildman–Crippen MR) is 69.8 cm³/mol. The molecule has 2 aliphatic rings. The van der Waals surface area contributed by atoms with Crippen molar-refractivity contribution in [2.24, 2.45) is 11.8 Å². The van der Waals surface area contributed by atoms with Crippen molar-refractivity contribution in [1.29, 1.82) is 0 Å². The summed E-state index contributed by atoms with van der Waals surface area (Å²) in [6, 6.07) is 3.88. The van der Waals surface area contributed by atoms with Crippen LogP contribution >= 0.6 is 0 Å². The SMILES string of the molecule is CC1=C(c2ccco2)CN(C(=O)[C@@H]2C[C@H]2C)CC1. The second-order valence-corrected chi connectivity index (χ2v) is 5.57. The fraction of sp³-hybridized carbons (Fsp3) is 0.533. The number of carbonyl (C=O) groups excluding carboxylic acids is 1. The first kappa shape index (κ1) is 11.6. The van der Waals surface area contributed by atoms with Gasteiger partial charge < -0.3 is 9.32 Å². The molecule has 1 aromatic heterocycles. The van der Waals surface area contributed by atoms with Crippen LogP contribution < -0.4 is 0 Å². The van der Waals surface area contributed by atoms with Gasteiger partial charge in [-0.3, -0.25) is 4.79 Å². The van der Waals surface area contributed by atoms with E-state index in [1.165, 1.54) is 11.1 Å². The van der Waals surface area contributed by atoms with E-state index in [9.17, 15) is 4.79 Å². The second kappa shape index (κ2) is 4.30. The van der Waals surface area contributed by atoms with Crippen molar-refractivity contribution < 1.29 is 9.21 Å². The maximum atomic E-state index is 12.3. The van der Waals surface area contributed by atoms with Crippen LogP contribution in [-0.4, -0.2) is 23.9 Å². The van der Waals surface area contributed by atoms with Gasteiger partial charge in [-0.1, -0.05) is 12.5 Å². The van der Waals surface area contributed by atoms with E-state index in [4.69, 9.17) is 4.42 Å². The summed E-state index contributed by atoms with van der Waals surface area (Å²) in [5.74, 6) is 2.10. The Bertz CT molecular complexity index is 487. The van der Waals surface area contributed by atoms with Gasteiger partial charge in [-0.25, -0.2) is 0 Å². The largest absolute Gasteiger partial charge is 0.465 e. The van der Waals surface area contributed by atoms with E-state index in [1.807, 2.05) is 17.0 Å². The molecule has 0 unspecified atom stereocenters. The van der Waals surface area contributed by atoms with Crippen LogP contribution in [-0.2, 0) is 4.79 Å². The maximum Gasteiger partial charge on any atom is 0.226 e. The Labute approximate surface area is 107 Å². The van der Waals surface area contributed by atoms with Crippen molar-refractivity contribution in [2.45, 2.75) is 26.7 Å². The normalized spacial score (nSPS) is 27.6. The van der Waals surface area contributed by atoms with Gasteiger partial charge in [0.2, 0.25) is 5.91 Å². The highest BCUT2D eigenvalue weighted by molar-refractivity contribution is 5.84. The molecule has 1 aliphatic carbocycles. The number of furan rings is 1. The summed E-state index contributed by atoms with van der Waals surface area (Å²) in [6.07, 6.45) is 3.72. The van der Waals surface area contributed by atoms with Gasteiger partial charge in [0.25, 0.3) is 0 Å². The third-order valence-corrected chi connectivity index (χ3v) is 4.18. The fourth-order valence-corrected chi connectivity index (χ4v) is 2.69. The van der Waals surface area contributed by atoms with Gasteiger partial charge >= 0.3 is 0 Å². The molecule has 0 spiro atoms. The maximum absolute atomic E-state index is 12.3. The summed E-state index contributed by atoms with van der Waals surface area (Å²) in [4.78, 5) is 14.3.